The number of halogens is 1. The number of hydrogen-bond acceptors (Lipinski definition) is 5. The van der Waals surface area contributed by atoms with Crippen LogP contribution in [0.25, 0.3) is 0 Å². The van der Waals surface area contributed by atoms with Crippen LogP contribution in [0.2, 0.25) is 5.28 Å². The van der Waals surface area contributed by atoms with Crippen LogP contribution in [0.15, 0.2) is 30.5 Å². The molecule has 0 saturated carbocycles. The second kappa shape index (κ2) is 4.80. The van der Waals surface area contributed by atoms with Crippen LogP contribution in [0, 0.1) is 0 Å². The molecule has 0 bridgehead atoms. The average Bonchev–Trinajstić information content (AvgIpc) is 2.39. The molecule has 92 valence electrons. The van der Waals surface area contributed by atoms with Gasteiger partial charge in [0.15, 0.2) is 5.75 Å². The van der Waals surface area contributed by atoms with Crippen LogP contribution in [0.4, 0.5) is 11.5 Å². The van der Waals surface area contributed by atoms with Crippen LogP contribution in [0.1, 0.15) is 5.56 Å². The number of nitrogens with one attached hydrogen (secondary N) is 1. The van der Waals surface area contributed by atoms with E-state index >= 15 is 0 Å². The van der Waals surface area contributed by atoms with Crippen molar-refractivity contribution in [2.24, 2.45) is 0 Å². The van der Waals surface area contributed by atoms with E-state index in [0.29, 0.717) is 12.4 Å². The molecule has 3 rings (SSSR count). The monoisotopic (exact) mass is 263 g/mol. The lowest BCUT2D eigenvalue weighted by atomic mass is 10.1. The number of anilines is 2. The second-order valence-electron chi connectivity index (χ2n) is 3.81. The molecule has 1 N–H and O–H groups in total. The van der Waals surface area contributed by atoms with E-state index in [1.165, 1.54) is 0 Å². The van der Waals surface area contributed by atoms with Gasteiger partial charge >= 0.3 is 0 Å². The van der Waals surface area contributed by atoms with Gasteiger partial charge in [-0.1, -0.05) is 6.07 Å². The third kappa shape index (κ3) is 2.37. The Labute approximate surface area is 109 Å². The van der Waals surface area contributed by atoms with Gasteiger partial charge in [0, 0.05) is 29.9 Å². The van der Waals surface area contributed by atoms with Crippen molar-refractivity contribution in [2.45, 2.75) is 6.42 Å². The van der Waals surface area contributed by atoms with Gasteiger partial charge in [-0.25, -0.2) is 9.97 Å². The molecule has 18 heavy (non-hydrogen) atoms. The highest BCUT2D eigenvalue weighted by atomic mass is 35.5. The number of benzene rings is 1. The van der Waals surface area contributed by atoms with E-state index < -0.39 is 0 Å². The fourth-order valence-electron chi connectivity index (χ4n) is 1.73. The van der Waals surface area contributed by atoms with Crippen LogP contribution in [0.5, 0.6) is 5.75 Å². The predicted octanol–water partition coefficient (Wildman–Crippen LogP) is 2.74. The minimum atomic E-state index is 0.206. The third-order valence-electron chi connectivity index (χ3n) is 2.57. The topological polar surface area (TPSA) is 56.3 Å². The smallest absolute Gasteiger partial charge is 0.224 e. The molecule has 0 unspecified atom stereocenters. The quantitative estimate of drug-likeness (QED) is 0.667. The van der Waals surface area contributed by atoms with Crippen molar-refractivity contribution >= 4 is 23.1 Å². The van der Waals surface area contributed by atoms with Crippen LogP contribution >= 0.6 is 11.6 Å². The maximum Gasteiger partial charge on any atom is 0.224 e. The zero-order chi connectivity index (χ0) is 12.4. The second-order valence-corrected chi connectivity index (χ2v) is 4.15. The molecular formula is C12H10ClN3O2. The van der Waals surface area contributed by atoms with E-state index in [2.05, 4.69) is 15.3 Å². The van der Waals surface area contributed by atoms with Crippen LogP contribution in [-0.2, 0) is 11.3 Å². The first-order valence-corrected chi connectivity index (χ1v) is 5.87. The number of aromatic nitrogens is 2. The van der Waals surface area contributed by atoms with Gasteiger partial charge in [-0.05, 0) is 23.7 Å². The summed E-state index contributed by atoms with van der Waals surface area (Å²) < 4.78 is 0. The lowest BCUT2D eigenvalue weighted by Crippen LogP contribution is -2.10. The molecule has 0 aliphatic carbocycles. The van der Waals surface area contributed by atoms with Crippen LogP contribution < -0.4 is 10.2 Å². The molecule has 1 aromatic carbocycles. The molecule has 1 aliphatic rings. The Balaban J connectivity index is 1.85. The Morgan fingerprint density at radius 3 is 3.11 bits per heavy atom. The zero-order valence-electron chi connectivity index (χ0n) is 9.39. The Bertz CT molecular complexity index is 577. The fourth-order valence-corrected chi connectivity index (χ4v) is 1.87. The molecule has 1 aliphatic heterocycles. The highest BCUT2D eigenvalue weighted by Crippen LogP contribution is 2.28. The standard InChI is InChI=1S/C12H10ClN3O2/c13-12-14-5-3-11(16-12)15-9-2-1-8-4-6-17-18-10(8)7-9/h1-3,5,7H,4,6H2,(H,14,15,16). The molecule has 2 heterocycles. The minimum absolute atomic E-state index is 0.206. The summed E-state index contributed by atoms with van der Waals surface area (Å²) in [5, 5.41) is 3.33. The summed E-state index contributed by atoms with van der Waals surface area (Å²) in [7, 11) is 0. The van der Waals surface area contributed by atoms with Crippen LogP contribution in [0.3, 0.4) is 0 Å². The van der Waals surface area contributed by atoms with Crippen molar-refractivity contribution < 1.29 is 9.78 Å². The van der Waals surface area contributed by atoms with Gasteiger partial charge in [-0.2, -0.15) is 4.89 Å². The number of nitrogens with zero attached hydrogens (tertiary/aromatic N) is 2. The summed E-state index contributed by atoms with van der Waals surface area (Å²) in [5.41, 5.74) is 1.99. The summed E-state index contributed by atoms with van der Waals surface area (Å²) in [6.45, 7) is 0.585. The highest BCUT2D eigenvalue weighted by molar-refractivity contribution is 6.28. The maximum atomic E-state index is 5.72. The summed E-state index contributed by atoms with van der Waals surface area (Å²) in [4.78, 5) is 17.9. The van der Waals surface area contributed by atoms with Crippen molar-refractivity contribution in [3.8, 4) is 5.75 Å². The number of fused-ring (bicyclic) bond motifs is 1. The molecule has 0 saturated heterocycles. The Hall–Kier alpha value is -1.85. The average molecular weight is 264 g/mol. The molecule has 0 fully saturated rings. The van der Waals surface area contributed by atoms with Gasteiger partial charge < -0.3 is 10.2 Å². The molecule has 1 aromatic heterocycles. The zero-order valence-corrected chi connectivity index (χ0v) is 10.1. The SMILES string of the molecule is Clc1nccc(Nc2ccc3c(c2)OOCC3)n1. The van der Waals surface area contributed by atoms with Crippen molar-refractivity contribution in [2.75, 3.05) is 11.9 Å². The molecule has 0 radical (unpaired) electrons. The summed E-state index contributed by atoms with van der Waals surface area (Å²) in [5.74, 6) is 1.36. The summed E-state index contributed by atoms with van der Waals surface area (Å²) in [6, 6.07) is 7.57. The Kier molecular flexibility index (Phi) is 3.00. The molecule has 0 spiro atoms. The lowest BCUT2D eigenvalue weighted by Gasteiger charge is -2.16. The predicted molar refractivity (Wildman–Crippen MR) is 67.1 cm³/mol. The van der Waals surface area contributed by atoms with Crippen molar-refractivity contribution in [1.29, 1.82) is 0 Å². The first kappa shape index (κ1) is 11.3. The van der Waals surface area contributed by atoms with Crippen LogP contribution in [-0.4, -0.2) is 16.6 Å². The van der Waals surface area contributed by atoms with Gasteiger partial charge in [0.1, 0.15) is 5.82 Å². The Morgan fingerprint density at radius 2 is 2.22 bits per heavy atom. The maximum absolute atomic E-state index is 5.72. The normalized spacial score (nSPS) is 13.6. The lowest BCUT2D eigenvalue weighted by molar-refractivity contribution is -0.215. The van der Waals surface area contributed by atoms with Crippen molar-refractivity contribution in [3.63, 3.8) is 0 Å². The first-order valence-electron chi connectivity index (χ1n) is 5.49. The molecule has 0 atom stereocenters. The minimum Gasteiger partial charge on any atom is -0.340 e. The summed E-state index contributed by atoms with van der Waals surface area (Å²) >= 11 is 5.72. The fraction of sp³-hybridized carbons (Fsp3) is 0.167. The van der Waals surface area contributed by atoms with Gasteiger partial charge in [-0.15, -0.1) is 0 Å². The van der Waals surface area contributed by atoms with Crippen molar-refractivity contribution in [1.82, 2.24) is 9.97 Å². The molecule has 0 amide bonds. The summed E-state index contributed by atoms with van der Waals surface area (Å²) in [6.07, 6.45) is 2.45. The van der Waals surface area contributed by atoms with Gasteiger partial charge in [0.2, 0.25) is 5.28 Å². The molecule has 2 aromatic rings. The van der Waals surface area contributed by atoms with Gasteiger partial charge in [-0.3, -0.25) is 0 Å². The van der Waals surface area contributed by atoms with E-state index in [0.717, 1.165) is 23.4 Å². The highest BCUT2D eigenvalue weighted by Gasteiger charge is 2.12. The molecule has 5 nitrogen and oxygen atoms in total. The van der Waals surface area contributed by atoms with E-state index in [1.807, 2.05) is 18.2 Å². The van der Waals surface area contributed by atoms with Gasteiger partial charge in [0.05, 0.1) is 6.61 Å². The largest absolute Gasteiger partial charge is 0.340 e. The van der Waals surface area contributed by atoms with Crippen molar-refractivity contribution in [3.05, 3.63) is 41.3 Å². The Morgan fingerprint density at radius 1 is 1.28 bits per heavy atom. The first-order chi connectivity index (χ1) is 8.81. The van der Waals surface area contributed by atoms with Gasteiger partial charge in [0.25, 0.3) is 0 Å². The molecular weight excluding hydrogens is 254 g/mol. The number of hydrogen-bond donors (Lipinski definition) is 1. The van der Waals surface area contributed by atoms with E-state index in [1.54, 1.807) is 12.3 Å². The van der Waals surface area contributed by atoms with E-state index in [9.17, 15) is 0 Å². The third-order valence-corrected chi connectivity index (χ3v) is 2.75. The van der Waals surface area contributed by atoms with E-state index in [4.69, 9.17) is 21.4 Å². The van der Waals surface area contributed by atoms with E-state index in [-0.39, 0.29) is 5.28 Å². The molecule has 6 heteroatoms. The number of rotatable bonds is 2.